The van der Waals surface area contributed by atoms with Crippen LogP contribution in [0.5, 0.6) is 0 Å². The van der Waals surface area contributed by atoms with E-state index in [2.05, 4.69) is 0 Å². The van der Waals surface area contributed by atoms with Crippen molar-refractivity contribution in [2.24, 2.45) is 0 Å². The zero-order chi connectivity index (χ0) is 21.4. The van der Waals surface area contributed by atoms with Gasteiger partial charge in [-0.25, -0.2) is 0 Å². The third-order valence-electron chi connectivity index (χ3n) is 4.66. The standard InChI is InChI=1S/C20H44O4P2/c1-16(24-26(22,19(8,9)10)20(11,12)13)14-15-23-25(21,17(2,3)4)18(5,6)7/h16H,14-15H2,1-13H3. The largest absolute Gasteiger partial charge is 0.328 e. The molecule has 0 aromatic heterocycles. The molecule has 0 radical (unpaired) electrons. The maximum Gasteiger partial charge on any atom is 0.213 e. The lowest BCUT2D eigenvalue weighted by atomic mass is 10.2. The van der Waals surface area contributed by atoms with Gasteiger partial charge in [-0.1, -0.05) is 83.1 Å². The van der Waals surface area contributed by atoms with Gasteiger partial charge in [0.25, 0.3) is 0 Å². The van der Waals surface area contributed by atoms with Crippen molar-refractivity contribution in [3.05, 3.63) is 0 Å². The average Bonchev–Trinajstić information content (AvgIpc) is 2.32. The summed E-state index contributed by atoms with van der Waals surface area (Å²) < 4.78 is 39.3. The van der Waals surface area contributed by atoms with E-state index in [9.17, 15) is 9.13 Å². The molecule has 26 heavy (non-hydrogen) atoms. The highest BCUT2D eigenvalue weighted by atomic mass is 31.2. The van der Waals surface area contributed by atoms with Gasteiger partial charge in [0.05, 0.1) is 12.7 Å². The van der Waals surface area contributed by atoms with Crippen molar-refractivity contribution < 1.29 is 18.2 Å². The highest BCUT2D eigenvalue weighted by Gasteiger charge is 2.49. The maximum absolute atomic E-state index is 13.6. The highest BCUT2D eigenvalue weighted by molar-refractivity contribution is 7.62. The van der Waals surface area contributed by atoms with Crippen molar-refractivity contribution in [1.29, 1.82) is 0 Å². The van der Waals surface area contributed by atoms with Crippen molar-refractivity contribution in [2.45, 2.75) is 123 Å². The van der Waals surface area contributed by atoms with Crippen LogP contribution < -0.4 is 0 Å². The first-order valence-corrected chi connectivity index (χ1v) is 12.9. The summed E-state index contributed by atoms with van der Waals surface area (Å²) >= 11 is 0. The number of rotatable bonds is 6. The summed E-state index contributed by atoms with van der Waals surface area (Å²) in [4.78, 5) is 0. The van der Waals surface area contributed by atoms with Gasteiger partial charge in [0.15, 0.2) is 0 Å². The first-order valence-electron chi connectivity index (χ1n) is 9.63. The van der Waals surface area contributed by atoms with Crippen molar-refractivity contribution in [3.63, 3.8) is 0 Å². The van der Waals surface area contributed by atoms with Crippen molar-refractivity contribution >= 4 is 14.7 Å². The van der Waals surface area contributed by atoms with E-state index in [-0.39, 0.29) is 6.10 Å². The van der Waals surface area contributed by atoms with Crippen LogP contribution in [0, 0.1) is 0 Å². The van der Waals surface area contributed by atoms with Crippen LogP contribution in [0.25, 0.3) is 0 Å². The van der Waals surface area contributed by atoms with Crippen LogP contribution in [0.3, 0.4) is 0 Å². The molecular weight excluding hydrogens is 366 g/mol. The average molecular weight is 411 g/mol. The van der Waals surface area contributed by atoms with E-state index in [0.717, 1.165) is 0 Å². The summed E-state index contributed by atoms with van der Waals surface area (Å²) in [6, 6.07) is 0. The second-order valence-electron chi connectivity index (χ2n) is 11.3. The van der Waals surface area contributed by atoms with Crippen LogP contribution >= 0.6 is 14.7 Å². The predicted molar refractivity (Wildman–Crippen MR) is 115 cm³/mol. The molecule has 158 valence electrons. The predicted octanol–water partition coefficient (Wildman–Crippen LogP) is 7.55. The Morgan fingerprint density at radius 3 is 1.23 bits per heavy atom. The lowest BCUT2D eigenvalue weighted by Gasteiger charge is -2.42. The Hall–Kier alpha value is 0.380. The second kappa shape index (κ2) is 8.02. The molecule has 0 aromatic carbocycles. The summed E-state index contributed by atoms with van der Waals surface area (Å²) in [7, 11) is -5.80. The zero-order valence-corrected chi connectivity index (χ0v) is 21.3. The van der Waals surface area contributed by atoms with E-state index in [1.165, 1.54) is 0 Å². The van der Waals surface area contributed by atoms with Gasteiger partial charge in [-0.05, 0) is 13.3 Å². The van der Waals surface area contributed by atoms with Gasteiger partial charge in [0.1, 0.15) is 0 Å². The maximum atomic E-state index is 13.6. The van der Waals surface area contributed by atoms with Crippen molar-refractivity contribution in [3.8, 4) is 0 Å². The van der Waals surface area contributed by atoms with E-state index in [4.69, 9.17) is 9.05 Å². The molecule has 0 aliphatic heterocycles. The molecular formula is C20H44O4P2. The summed E-state index contributed by atoms with van der Waals surface area (Å²) in [5.41, 5.74) is 0. The Morgan fingerprint density at radius 1 is 0.654 bits per heavy atom. The van der Waals surface area contributed by atoms with Gasteiger partial charge in [0, 0.05) is 20.6 Å². The Balaban J connectivity index is 5.20. The Bertz CT molecular complexity index is 518. The molecule has 0 aromatic rings. The molecule has 0 N–H and O–H groups in total. The van der Waals surface area contributed by atoms with Crippen LogP contribution in [0.15, 0.2) is 0 Å². The topological polar surface area (TPSA) is 52.6 Å². The molecule has 0 fully saturated rings. The first-order chi connectivity index (χ1) is 11.1. The number of hydrogen-bond donors (Lipinski definition) is 0. The summed E-state index contributed by atoms with van der Waals surface area (Å²) in [5.74, 6) is 0. The summed E-state index contributed by atoms with van der Waals surface area (Å²) in [6.07, 6.45) is 0.333. The fraction of sp³-hybridized carbons (Fsp3) is 1.00. The van der Waals surface area contributed by atoms with E-state index in [0.29, 0.717) is 13.0 Å². The van der Waals surface area contributed by atoms with Crippen LogP contribution in [-0.4, -0.2) is 33.3 Å². The van der Waals surface area contributed by atoms with Crippen LogP contribution in [0.2, 0.25) is 0 Å². The molecule has 4 nitrogen and oxygen atoms in total. The van der Waals surface area contributed by atoms with Gasteiger partial charge in [-0.15, -0.1) is 0 Å². The van der Waals surface area contributed by atoms with E-state index >= 15 is 0 Å². The molecule has 6 heteroatoms. The molecule has 0 saturated heterocycles. The number of hydrogen-bond acceptors (Lipinski definition) is 4. The van der Waals surface area contributed by atoms with E-state index in [1.807, 2.05) is 90.0 Å². The van der Waals surface area contributed by atoms with Crippen LogP contribution in [-0.2, 0) is 18.2 Å². The van der Waals surface area contributed by atoms with E-state index in [1.54, 1.807) is 0 Å². The van der Waals surface area contributed by atoms with Gasteiger partial charge in [-0.2, -0.15) is 0 Å². The fourth-order valence-corrected chi connectivity index (χ4v) is 9.78. The molecule has 0 rings (SSSR count). The molecule has 0 aliphatic carbocycles. The van der Waals surface area contributed by atoms with E-state index < -0.39 is 35.4 Å². The smallest absolute Gasteiger partial charge is 0.213 e. The quantitative estimate of drug-likeness (QED) is 0.424. The molecule has 1 atom stereocenters. The minimum atomic E-state index is -2.91. The lowest BCUT2D eigenvalue weighted by Crippen LogP contribution is -2.33. The second-order valence-corrected chi connectivity index (χ2v) is 19.4. The Morgan fingerprint density at radius 2 is 0.962 bits per heavy atom. The first kappa shape index (κ1) is 26.4. The SMILES string of the molecule is CC(CCOP(=O)(C(C)(C)C)C(C)(C)C)OP(=O)(C(C)(C)C)C(C)(C)C. The minimum absolute atomic E-state index is 0.229. The molecule has 0 heterocycles. The minimum Gasteiger partial charge on any atom is -0.328 e. The van der Waals surface area contributed by atoms with Gasteiger partial charge >= 0.3 is 0 Å². The van der Waals surface area contributed by atoms with Crippen molar-refractivity contribution in [2.75, 3.05) is 6.61 Å². The third-order valence-corrected chi connectivity index (χ3v) is 12.9. The van der Waals surface area contributed by atoms with Crippen LogP contribution in [0.1, 0.15) is 96.4 Å². The highest BCUT2D eigenvalue weighted by Crippen LogP contribution is 2.69. The van der Waals surface area contributed by atoms with Gasteiger partial charge in [-0.3, -0.25) is 9.13 Å². The Labute approximate surface area is 163 Å². The molecule has 0 spiro atoms. The monoisotopic (exact) mass is 410 g/mol. The molecule has 0 bridgehead atoms. The molecule has 0 aliphatic rings. The lowest BCUT2D eigenvalue weighted by molar-refractivity contribution is 0.164. The van der Waals surface area contributed by atoms with Gasteiger partial charge in [0.2, 0.25) is 14.7 Å². The third kappa shape index (κ3) is 5.69. The van der Waals surface area contributed by atoms with Gasteiger partial charge < -0.3 is 9.05 Å². The fourth-order valence-electron chi connectivity index (χ4n) is 3.37. The Kier molecular flexibility index (Phi) is 8.13. The molecule has 0 amide bonds. The summed E-state index contributed by atoms with van der Waals surface area (Å²) in [6.45, 7) is 25.9. The molecule has 0 saturated carbocycles. The molecule has 1 unspecified atom stereocenters. The van der Waals surface area contributed by atoms with Crippen LogP contribution in [0.4, 0.5) is 0 Å². The zero-order valence-electron chi connectivity index (χ0n) is 19.5. The van der Waals surface area contributed by atoms with Crippen molar-refractivity contribution in [1.82, 2.24) is 0 Å². The summed E-state index contributed by atoms with van der Waals surface area (Å²) in [5, 5.41) is -1.73. The normalized spacial score (nSPS) is 16.7.